The topological polar surface area (TPSA) is 74.7 Å². The Hall–Kier alpha value is -2.48. The molecule has 172 valence electrons. The highest BCUT2D eigenvalue weighted by molar-refractivity contribution is 5.81. The van der Waals surface area contributed by atoms with Crippen molar-refractivity contribution in [1.29, 1.82) is 0 Å². The Morgan fingerprint density at radius 3 is 2.61 bits per heavy atom. The van der Waals surface area contributed by atoms with Crippen LogP contribution >= 0.6 is 0 Å². The Labute approximate surface area is 186 Å². The lowest BCUT2D eigenvalue weighted by Crippen LogP contribution is -2.52. The molecule has 2 saturated heterocycles. The second-order valence-corrected chi connectivity index (χ2v) is 8.48. The third-order valence-electron chi connectivity index (χ3n) is 6.09. The van der Waals surface area contributed by atoms with E-state index in [-0.39, 0.29) is 11.9 Å². The van der Waals surface area contributed by atoms with Gasteiger partial charge in [0.25, 0.3) is 0 Å². The molecule has 1 aromatic carbocycles. The maximum atomic E-state index is 12.4. The van der Waals surface area contributed by atoms with Gasteiger partial charge in [-0.15, -0.1) is 0 Å². The summed E-state index contributed by atoms with van der Waals surface area (Å²) in [6, 6.07) is 7.56. The molecule has 8 heteroatoms. The number of phenols is 1. The molecule has 0 spiro atoms. The van der Waals surface area contributed by atoms with Crippen LogP contribution in [0.3, 0.4) is 0 Å². The third kappa shape index (κ3) is 6.03. The lowest BCUT2D eigenvalue weighted by Gasteiger charge is -2.38. The zero-order chi connectivity index (χ0) is 22.2. The molecule has 1 atom stereocenters. The highest BCUT2D eigenvalue weighted by Gasteiger charge is 2.31. The maximum absolute atomic E-state index is 12.4. The Balaban J connectivity index is 1.49. The van der Waals surface area contributed by atoms with Gasteiger partial charge in [0.15, 0.2) is 5.96 Å². The van der Waals surface area contributed by atoms with Crippen LogP contribution in [-0.2, 0) is 4.79 Å². The first-order valence-corrected chi connectivity index (χ1v) is 11.5. The summed E-state index contributed by atoms with van der Waals surface area (Å²) in [4.78, 5) is 25.8. The summed E-state index contributed by atoms with van der Waals surface area (Å²) >= 11 is 0. The fraction of sp³-hybridized carbons (Fsp3) is 0.652. The van der Waals surface area contributed by atoms with Crippen LogP contribution in [0.25, 0.3) is 0 Å². The van der Waals surface area contributed by atoms with E-state index in [4.69, 9.17) is 4.99 Å². The molecule has 2 N–H and O–H groups in total. The number of hydrogen-bond donors (Lipinski definition) is 2. The lowest BCUT2D eigenvalue weighted by atomic mass is 10.2. The van der Waals surface area contributed by atoms with Gasteiger partial charge in [-0.1, -0.05) is 12.1 Å². The molecule has 1 unspecified atom stereocenters. The van der Waals surface area contributed by atoms with Crippen molar-refractivity contribution in [1.82, 2.24) is 20.0 Å². The van der Waals surface area contributed by atoms with E-state index < -0.39 is 0 Å². The zero-order valence-corrected chi connectivity index (χ0v) is 19.3. The van der Waals surface area contributed by atoms with Gasteiger partial charge >= 0.3 is 0 Å². The summed E-state index contributed by atoms with van der Waals surface area (Å²) in [6.45, 7) is 9.03. The number of aromatic hydroxyl groups is 1. The number of phenolic OH excluding ortho intramolecular Hbond substituents is 1. The Bertz CT molecular complexity index is 745. The predicted octanol–water partition coefficient (Wildman–Crippen LogP) is 1.42. The summed E-state index contributed by atoms with van der Waals surface area (Å²) in [6.07, 6.45) is 3.01. The molecule has 2 aliphatic rings. The summed E-state index contributed by atoms with van der Waals surface area (Å²) < 4.78 is 0. The molecule has 2 heterocycles. The van der Waals surface area contributed by atoms with Crippen molar-refractivity contribution in [3.05, 3.63) is 24.3 Å². The van der Waals surface area contributed by atoms with Crippen molar-refractivity contribution in [3.63, 3.8) is 0 Å². The van der Waals surface area contributed by atoms with Crippen LogP contribution in [0.4, 0.5) is 5.69 Å². The van der Waals surface area contributed by atoms with Gasteiger partial charge in [0.05, 0.1) is 11.7 Å². The van der Waals surface area contributed by atoms with Crippen LogP contribution in [0.5, 0.6) is 5.75 Å². The van der Waals surface area contributed by atoms with Gasteiger partial charge in [-0.25, -0.2) is 0 Å². The van der Waals surface area contributed by atoms with Gasteiger partial charge in [0.2, 0.25) is 5.91 Å². The van der Waals surface area contributed by atoms with E-state index in [1.807, 2.05) is 32.3 Å². The number of nitrogens with zero attached hydrogens (tertiary/aromatic N) is 5. The number of aliphatic imine (C=N–C) groups is 1. The second kappa shape index (κ2) is 11.2. The first-order valence-electron chi connectivity index (χ1n) is 11.5. The number of amides is 1. The molecule has 0 aromatic heterocycles. The van der Waals surface area contributed by atoms with E-state index in [0.717, 1.165) is 83.3 Å². The molecule has 3 rings (SSSR count). The van der Waals surface area contributed by atoms with Crippen LogP contribution in [0.1, 0.15) is 26.2 Å². The van der Waals surface area contributed by atoms with Gasteiger partial charge in [-0.2, -0.15) is 0 Å². The number of likely N-dealkylation sites (N-methyl/N-ethyl adjacent to an activating group) is 1. The number of guanidine groups is 1. The maximum Gasteiger partial charge on any atom is 0.239 e. The Kier molecular flexibility index (Phi) is 8.40. The SMILES string of the molecule is CCNC(=NCCCN1CCCC1C(=O)N(C)C)N1CCN(c2ccccc2O)CC1. The van der Waals surface area contributed by atoms with Crippen LogP contribution < -0.4 is 10.2 Å². The average molecular weight is 431 g/mol. The molecule has 2 aliphatic heterocycles. The van der Waals surface area contributed by atoms with Gasteiger partial charge in [0.1, 0.15) is 5.75 Å². The summed E-state index contributed by atoms with van der Waals surface area (Å²) in [7, 11) is 3.68. The van der Waals surface area contributed by atoms with Crippen LogP contribution in [0.2, 0.25) is 0 Å². The highest BCUT2D eigenvalue weighted by Crippen LogP contribution is 2.27. The minimum Gasteiger partial charge on any atom is -0.506 e. The molecule has 0 bridgehead atoms. The average Bonchev–Trinajstić information content (AvgIpc) is 3.24. The Morgan fingerprint density at radius 2 is 1.94 bits per heavy atom. The van der Waals surface area contributed by atoms with Gasteiger partial charge in [-0.05, 0) is 44.9 Å². The molecule has 8 nitrogen and oxygen atoms in total. The zero-order valence-electron chi connectivity index (χ0n) is 19.3. The van der Waals surface area contributed by atoms with Crippen LogP contribution in [0, 0.1) is 0 Å². The van der Waals surface area contributed by atoms with Gasteiger partial charge < -0.3 is 25.1 Å². The summed E-state index contributed by atoms with van der Waals surface area (Å²) in [5.41, 5.74) is 0.900. The van der Waals surface area contributed by atoms with E-state index in [0.29, 0.717) is 5.75 Å². The molecule has 31 heavy (non-hydrogen) atoms. The normalized spacial score (nSPS) is 20.2. The van der Waals surface area contributed by atoms with E-state index in [1.165, 1.54) is 0 Å². The van der Waals surface area contributed by atoms with Crippen molar-refractivity contribution >= 4 is 17.6 Å². The third-order valence-corrected chi connectivity index (χ3v) is 6.09. The van der Waals surface area contributed by atoms with E-state index in [1.54, 1.807) is 11.0 Å². The molecular weight excluding hydrogens is 392 g/mol. The van der Waals surface area contributed by atoms with E-state index in [9.17, 15) is 9.90 Å². The quantitative estimate of drug-likeness (QED) is 0.387. The van der Waals surface area contributed by atoms with Crippen LogP contribution in [-0.4, -0.2) is 104 Å². The molecule has 0 aliphatic carbocycles. The monoisotopic (exact) mass is 430 g/mol. The van der Waals surface area contributed by atoms with Crippen molar-refractivity contribution in [3.8, 4) is 5.75 Å². The smallest absolute Gasteiger partial charge is 0.239 e. The standard InChI is InChI=1S/C23H38N6O2/c1-4-24-23(25-12-8-14-27-13-7-10-20(27)22(31)26(2)3)29-17-15-28(16-18-29)19-9-5-6-11-21(19)30/h5-6,9,11,20,30H,4,7-8,10,12-18H2,1-3H3,(H,24,25). The van der Waals surface area contributed by atoms with Gasteiger partial charge in [-0.3, -0.25) is 14.7 Å². The number of piperazine rings is 1. The summed E-state index contributed by atoms with van der Waals surface area (Å²) in [5.74, 6) is 1.52. The van der Waals surface area contributed by atoms with E-state index >= 15 is 0 Å². The van der Waals surface area contributed by atoms with Crippen molar-refractivity contribution in [2.24, 2.45) is 4.99 Å². The Morgan fingerprint density at radius 1 is 1.19 bits per heavy atom. The van der Waals surface area contributed by atoms with Crippen molar-refractivity contribution in [2.75, 3.05) is 71.4 Å². The number of benzene rings is 1. The van der Waals surface area contributed by atoms with Crippen LogP contribution in [0.15, 0.2) is 29.3 Å². The highest BCUT2D eigenvalue weighted by atomic mass is 16.3. The minimum atomic E-state index is 0.0368. The first kappa shape index (κ1) is 23.2. The largest absolute Gasteiger partial charge is 0.506 e. The molecule has 1 aromatic rings. The second-order valence-electron chi connectivity index (χ2n) is 8.48. The first-order chi connectivity index (χ1) is 15.0. The lowest BCUT2D eigenvalue weighted by molar-refractivity contribution is -0.133. The molecule has 0 radical (unpaired) electrons. The fourth-order valence-corrected chi connectivity index (χ4v) is 4.45. The number of carbonyl (C=O) groups excluding carboxylic acids is 1. The van der Waals surface area contributed by atoms with Crippen molar-refractivity contribution in [2.45, 2.75) is 32.2 Å². The number of carbonyl (C=O) groups is 1. The fourth-order valence-electron chi connectivity index (χ4n) is 4.45. The molecule has 1 amide bonds. The minimum absolute atomic E-state index is 0.0368. The van der Waals surface area contributed by atoms with E-state index in [2.05, 4.69) is 26.9 Å². The van der Waals surface area contributed by atoms with Crippen molar-refractivity contribution < 1.29 is 9.90 Å². The predicted molar refractivity (Wildman–Crippen MR) is 126 cm³/mol. The number of anilines is 1. The number of hydrogen-bond acceptors (Lipinski definition) is 5. The molecule has 2 fully saturated rings. The number of para-hydroxylation sites is 2. The summed E-state index contributed by atoms with van der Waals surface area (Å²) in [5, 5.41) is 13.5. The number of rotatable bonds is 7. The molecule has 0 saturated carbocycles. The number of likely N-dealkylation sites (tertiary alicyclic amines) is 1. The van der Waals surface area contributed by atoms with Gasteiger partial charge in [0, 0.05) is 59.9 Å². The molecular formula is C23H38N6O2. The number of nitrogens with one attached hydrogen (secondary N) is 1.